The monoisotopic (exact) mass is 302 g/mol. The molecule has 0 aliphatic heterocycles. The highest BCUT2D eigenvalue weighted by Gasteiger charge is 2.30. The molecule has 112 valence electrons. The molecule has 0 fully saturated rings. The molecule has 3 rings (SSSR count). The van der Waals surface area contributed by atoms with Gasteiger partial charge in [0, 0.05) is 11.1 Å². The third-order valence-corrected chi connectivity index (χ3v) is 3.50. The average molecular weight is 302 g/mol. The zero-order valence-corrected chi connectivity index (χ0v) is 11.8. The van der Waals surface area contributed by atoms with Gasteiger partial charge in [0.2, 0.25) is 0 Å². The minimum atomic E-state index is -4.33. The van der Waals surface area contributed by atoms with Crippen LogP contribution < -0.4 is 0 Å². The van der Waals surface area contributed by atoms with Crippen molar-refractivity contribution in [1.29, 1.82) is 0 Å². The predicted molar refractivity (Wildman–Crippen MR) is 79.3 cm³/mol. The zero-order valence-electron chi connectivity index (χ0n) is 11.8. The van der Waals surface area contributed by atoms with E-state index in [0.29, 0.717) is 11.3 Å². The Morgan fingerprint density at radius 2 is 1.45 bits per heavy atom. The highest BCUT2D eigenvalue weighted by molar-refractivity contribution is 5.72. The van der Waals surface area contributed by atoms with Crippen molar-refractivity contribution in [1.82, 2.24) is 0 Å². The van der Waals surface area contributed by atoms with Gasteiger partial charge in [-0.25, -0.2) is 0 Å². The quantitative estimate of drug-likeness (QED) is 0.571. The van der Waals surface area contributed by atoms with Crippen LogP contribution in [0.2, 0.25) is 0 Å². The Labute approximate surface area is 126 Å². The van der Waals surface area contributed by atoms with Crippen molar-refractivity contribution in [3.05, 3.63) is 72.0 Å². The Bertz CT molecular complexity index is 768. The van der Waals surface area contributed by atoms with Crippen molar-refractivity contribution in [3.8, 4) is 22.5 Å². The van der Waals surface area contributed by atoms with Crippen molar-refractivity contribution >= 4 is 0 Å². The fourth-order valence-corrected chi connectivity index (χ4v) is 2.35. The number of rotatable bonds is 2. The molecular formula is C18H13F3O. The number of hydrogen-bond acceptors (Lipinski definition) is 1. The minimum absolute atomic E-state index is 0.560. The molecule has 0 atom stereocenters. The number of halogens is 3. The number of furan rings is 1. The van der Waals surface area contributed by atoms with Gasteiger partial charge in [0.15, 0.2) is 0 Å². The van der Waals surface area contributed by atoms with Crippen LogP contribution in [0.3, 0.4) is 0 Å². The van der Waals surface area contributed by atoms with E-state index in [2.05, 4.69) is 0 Å². The van der Waals surface area contributed by atoms with E-state index >= 15 is 0 Å². The van der Waals surface area contributed by atoms with Crippen LogP contribution >= 0.6 is 0 Å². The molecular weight excluding hydrogens is 289 g/mol. The lowest BCUT2D eigenvalue weighted by molar-refractivity contribution is -0.137. The number of benzene rings is 2. The van der Waals surface area contributed by atoms with Crippen LogP contribution in [-0.4, -0.2) is 0 Å². The molecule has 0 spiro atoms. The van der Waals surface area contributed by atoms with Crippen LogP contribution in [0.15, 0.2) is 65.1 Å². The first kappa shape index (κ1) is 14.4. The molecule has 0 saturated carbocycles. The molecule has 1 aromatic heterocycles. The standard InChI is InChI=1S/C18H13F3O/c1-12-16(13-5-3-2-4-6-13)11-17(22-12)14-7-9-15(10-8-14)18(19,20)21/h2-11H,1H3. The van der Waals surface area contributed by atoms with Gasteiger partial charge < -0.3 is 4.42 Å². The lowest BCUT2D eigenvalue weighted by Crippen LogP contribution is -2.03. The van der Waals surface area contributed by atoms with E-state index in [0.717, 1.165) is 29.0 Å². The van der Waals surface area contributed by atoms with Crippen LogP contribution in [-0.2, 0) is 6.18 Å². The predicted octanol–water partition coefficient (Wildman–Crippen LogP) is 5.94. The summed E-state index contributed by atoms with van der Waals surface area (Å²) >= 11 is 0. The molecule has 0 aliphatic rings. The maximum absolute atomic E-state index is 12.6. The smallest absolute Gasteiger partial charge is 0.416 e. The maximum atomic E-state index is 12.6. The molecule has 0 bridgehead atoms. The van der Waals surface area contributed by atoms with E-state index in [4.69, 9.17) is 4.42 Å². The van der Waals surface area contributed by atoms with Crippen LogP contribution in [0.5, 0.6) is 0 Å². The summed E-state index contributed by atoms with van der Waals surface area (Å²) in [7, 11) is 0. The summed E-state index contributed by atoms with van der Waals surface area (Å²) in [6, 6.07) is 16.6. The number of alkyl halides is 3. The van der Waals surface area contributed by atoms with Crippen molar-refractivity contribution in [2.24, 2.45) is 0 Å². The molecule has 0 N–H and O–H groups in total. The molecule has 0 radical (unpaired) electrons. The van der Waals surface area contributed by atoms with Gasteiger partial charge in [-0.15, -0.1) is 0 Å². The molecule has 22 heavy (non-hydrogen) atoms. The first-order valence-electron chi connectivity index (χ1n) is 6.78. The Morgan fingerprint density at radius 1 is 0.818 bits per heavy atom. The summed E-state index contributed by atoms with van der Waals surface area (Å²) in [5.74, 6) is 1.30. The van der Waals surface area contributed by atoms with E-state index in [1.165, 1.54) is 12.1 Å². The molecule has 1 heterocycles. The molecule has 4 heteroatoms. The van der Waals surface area contributed by atoms with Gasteiger partial charge in [-0.3, -0.25) is 0 Å². The van der Waals surface area contributed by atoms with Crippen LogP contribution in [0.4, 0.5) is 13.2 Å². The summed E-state index contributed by atoms with van der Waals surface area (Å²) in [5, 5.41) is 0. The maximum Gasteiger partial charge on any atom is 0.416 e. The van der Waals surface area contributed by atoms with Gasteiger partial charge in [0.05, 0.1) is 5.56 Å². The third-order valence-electron chi connectivity index (χ3n) is 3.50. The summed E-state index contributed by atoms with van der Waals surface area (Å²) < 4.78 is 43.5. The fraction of sp³-hybridized carbons (Fsp3) is 0.111. The van der Waals surface area contributed by atoms with Crippen LogP contribution in [0, 0.1) is 6.92 Å². The van der Waals surface area contributed by atoms with Crippen LogP contribution in [0.1, 0.15) is 11.3 Å². The highest BCUT2D eigenvalue weighted by atomic mass is 19.4. The molecule has 2 aromatic carbocycles. The summed E-state index contributed by atoms with van der Waals surface area (Å²) in [4.78, 5) is 0. The largest absolute Gasteiger partial charge is 0.461 e. The topological polar surface area (TPSA) is 13.1 Å². The van der Waals surface area contributed by atoms with Gasteiger partial charge in [0.1, 0.15) is 11.5 Å². The molecule has 3 aromatic rings. The van der Waals surface area contributed by atoms with E-state index in [-0.39, 0.29) is 0 Å². The molecule has 0 aliphatic carbocycles. The van der Waals surface area contributed by atoms with E-state index in [9.17, 15) is 13.2 Å². The molecule has 0 amide bonds. The molecule has 0 unspecified atom stereocenters. The summed E-state index contributed by atoms with van der Waals surface area (Å²) in [6.45, 7) is 1.84. The number of aryl methyl sites for hydroxylation is 1. The van der Waals surface area contributed by atoms with Crippen LogP contribution in [0.25, 0.3) is 22.5 Å². The second-order valence-corrected chi connectivity index (χ2v) is 5.02. The Hall–Kier alpha value is -2.49. The van der Waals surface area contributed by atoms with Crippen molar-refractivity contribution < 1.29 is 17.6 Å². The molecule has 1 nitrogen and oxygen atoms in total. The normalized spacial score (nSPS) is 11.6. The van der Waals surface area contributed by atoms with Gasteiger partial charge in [-0.1, -0.05) is 42.5 Å². The van der Waals surface area contributed by atoms with E-state index in [1.54, 1.807) is 0 Å². The summed E-state index contributed by atoms with van der Waals surface area (Å²) in [6.07, 6.45) is -4.33. The van der Waals surface area contributed by atoms with E-state index in [1.807, 2.05) is 43.3 Å². The van der Waals surface area contributed by atoms with Crippen molar-refractivity contribution in [3.63, 3.8) is 0 Å². The SMILES string of the molecule is Cc1oc(-c2ccc(C(F)(F)F)cc2)cc1-c1ccccc1. The first-order valence-corrected chi connectivity index (χ1v) is 6.78. The zero-order chi connectivity index (χ0) is 15.7. The Kier molecular flexibility index (Phi) is 3.53. The van der Waals surface area contributed by atoms with Gasteiger partial charge in [-0.05, 0) is 30.7 Å². The van der Waals surface area contributed by atoms with Gasteiger partial charge >= 0.3 is 6.18 Å². The second-order valence-electron chi connectivity index (χ2n) is 5.02. The van der Waals surface area contributed by atoms with E-state index < -0.39 is 11.7 Å². The molecule has 0 saturated heterocycles. The average Bonchev–Trinajstić information content (AvgIpc) is 2.89. The van der Waals surface area contributed by atoms with Crippen molar-refractivity contribution in [2.75, 3.05) is 0 Å². The highest BCUT2D eigenvalue weighted by Crippen LogP contribution is 2.34. The Morgan fingerprint density at radius 3 is 2.05 bits per heavy atom. The third kappa shape index (κ3) is 2.77. The Balaban J connectivity index is 1.97. The first-order chi connectivity index (χ1) is 10.4. The fourth-order valence-electron chi connectivity index (χ4n) is 2.35. The number of hydrogen-bond donors (Lipinski definition) is 0. The van der Waals surface area contributed by atoms with Crippen molar-refractivity contribution in [2.45, 2.75) is 13.1 Å². The lowest BCUT2D eigenvalue weighted by Gasteiger charge is -2.06. The minimum Gasteiger partial charge on any atom is -0.461 e. The lowest BCUT2D eigenvalue weighted by atomic mass is 10.0. The summed E-state index contributed by atoms with van der Waals surface area (Å²) in [5.41, 5.74) is 1.92. The van der Waals surface area contributed by atoms with Gasteiger partial charge in [0.25, 0.3) is 0 Å². The van der Waals surface area contributed by atoms with Gasteiger partial charge in [-0.2, -0.15) is 13.2 Å². The second kappa shape index (κ2) is 5.37.